The summed E-state index contributed by atoms with van der Waals surface area (Å²) >= 11 is 0. The molecule has 6 rings (SSSR count). The largest absolute Gasteiger partial charge is 1.00 e. The molecule has 0 aliphatic rings. The third kappa shape index (κ3) is 5.38. The van der Waals surface area contributed by atoms with E-state index in [-0.39, 0.29) is 34.4 Å². The van der Waals surface area contributed by atoms with Crippen LogP contribution in [0.15, 0.2) is 146 Å². The van der Waals surface area contributed by atoms with E-state index in [1.165, 1.54) is 15.9 Å². The van der Waals surface area contributed by atoms with Gasteiger partial charge in [0.05, 0.1) is 11.4 Å². The molecule has 210 valence electrons. The van der Waals surface area contributed by atoms with E-state index in [2.05, 4.69) is 116 Å². The first-order valence-electron chi connectivity index (χ1n) is 14.0. The van der Waals surface area contributed by atoms with Gasteiger partial charge < -0.3 is 22.0 Å². The number of halogens is 2. The summed E-state index contributed by atoms with van der Waals surface area (Å²) < 4.78 is 14.2. The molecule has 0 amide bonds. The summed E-state index contributed by atoms with van der Waals surface area (Å²) in [5.41, 5.74) is 5.20. The molecule has 42 heavy (non-hydrogen) atoms. The van der Waals surface area contributed by atoms with Crippen molar-refractivity contribution in [3.8, 4) is 22.4 Å². The maximum atomic E-state index is 14.2. The zero-order valence-corrected chi connectivity index (χ0v) is 26.1. The summed E-state index contributed by atoms with van der Waals surface area (Å²) in [6.45, 7) is 4.65. The van der Waals surface area contributed by atoms with Crippen LogP contribution in [-0.2, 0) is 0 Å². The molecule has 1 N–H and O–H groups in total. The molecule has 5 heteroatoms. The molecular formula is C37H33BrFN2P. The number of nitrogens with one attached hydrogen (secondary N) is 1. The van der Waals surface area contributed by atoms with Crippen molar-refractivity contribution in [1.82, 2.24) is 9.97 Å². The Morgan fingerprint density at radius 2 is 1.14 bits per heavy atom. The number of hydrogen-bond acceptors (Lipinski definition) is 1. The van der Waals surface area contributed by atoms with Gasteiger partial charge in [0.1, 0.15) is 34.7 Å². The predicted octanol–water partition coefficient (Wildman–Crippen LogP) is 5.58. The van der Waals surface area contributed by atoms with Gasteiger partial charge in [-0.1, -0.05) is 86.6 Å². The minimum absolute atomic E-state index is 0. The van der Waals surface area contributed by atoms with Gasteiger partial charge >= 0.3 is 0 Å². The van der Waals surface area contributed by atoms with Crippen LogP contribution in [0.2, 0.25) is 0 Å². The minimum atomic E-state index is -2.30. The standard InChI is InChI=1S/C37H33FN2P.BrH/c1-27(2)37(36-35(28-21-23-29(38)24-22-28)33(26-40-36)34-20-12-13-25-39-34)41(30-14-6-3-7-15-30,31-16-8-4-9-17-31)32-18-10-5-11-19-32;/h3-27,37,40H,1-2H3;1H/q+1;/p-1. The zero-order chi connectivity index (χ0) is 28.2. The van der Waals surface area contributed by atoms with Crippen LogP contribution in [-0.4, -0.2) is 9.97 Å². The van der Waals surface area contributed by atoms with E-state index in [1.807, 2.05) is 36.5 Å². The van der Waals surface area contributed by atoms with E-state index in [0.29, 0.717) is 0 Å². The molecular weight excluding hydrogens is 602 g/mol. The van der Waals surface area contributed by atoms with Crippen LogP contribution in [0.3, 0.4) is 0 Å². The fourth-order valence-electron chi connectivity index (χ4n) is 6.22. The molecule has 0 saturated heterocycles. The Morgan fingerprint density at radius 1 is 0.643 bits per heavy atom. The Labute approximate surface area is 258 Å². The van der Waals surface area contributed by atoms with Crippen molar-refractivity contribution in [3.63, 3.8) is 0 Å². The van der Waals surface area contributed by atoms with Crippen LogP contribution < -0.4 is 32.9 Å². The van der Waals surface area contributed by atoms with Gasteiger partial charge in [-0.25, -0.2) is 4.39 Å². The molecule has 6 aromatic rings. The van der Waals surface area contributed by atoms with Crippen molar-refractivity contribution in [1.29, 1.82) is 0 Å². The van der Waals surface area contributed by atoms with Crippen molar-refractivity contribution >= 4 is 23.2 Å². The Kier molecular flexibility index (Phi) is 9.16. The molecule has 0 radical (unpaired) electrons. The first-order valence-corrected chi connectivity index (χ1v) is 15.9. The zero-order valence-electron chi connectivity index (χ0n) is 23.7. The average molecular weight is 636 g/mol. The lowest BCUT2D eigenvalue weighted by Crippen LogP contribution is -3.00. The number of aromatic amines is 1. The van der Waals surface area contributed by atoms with Crippen LogP contribution in [0.1, 0.15) is 25.2 Å². The molecule has 2 aromatic heterocycles. The highest BCUT2D eigenvalue weighted by molar-refractivity contribution is 7.96. The summed E-state index contributed by atoms with van der Waals surface area (Å²) in [4.78, 5) is 8.50. The van der Waals surface area contributed by atoms with Crippen molar-refractivity contribution < 1.29 is 21.4 Å². The number of pyridine rings is 1. The predicted molar refractivity (Wildman–Crippen MR) is 172 cm³/mol. The first-order chi connectivity index (χ1) is 20.1. The van der Waals surface area contributed by atoms with E-state index in [1.54, 1.807) is 12.1 Å². The molecule has 1 unspecified atom stereocenters. The molecule has 0 aliphatic heterocycles. The molecule has 4 aromatic carbocycles. The number of benzene rings is 4. The first kappa shape index (κ1) is 29.6. The van der Waals surface area contributed by atoms with Crippen LogP contribution in [0.4, 0.5) is 4.39 Å². The molecule has 0 spiro atoms. The topological polar surface area (TPSA) is 28.7 Å². The second kappa shape index (κ2) is 13.0. The monoisotopic (exact) mass is 634 g/mol. The van der Waals surface area contributed by atoms with E-state index < -0.39 is 7.26 Å². The maximum absolute atomic E-state index is 14.2. The lowest BCUT2D eigenvalue weighted by molar-refractivity contribution is -0.00000883. The van der Waals surface area contributed by atoms with Gasteiger partial charge in [0.15, 0.2) is 0 Å². The van der Waals surface area contributed by atoms with Gasteiger partial charge in [-0.3, -0.25) is 4.98 Å². The second-order valence-electron chi connectivity index (χ2n) is 10.6. The average Bonchev–Trinajstić information content (AvgIpc) is 3.46. The summed E-state index contributed by atoms with van der Waals surface area (Å²) in [7, 11) is -2.30. The normalized spacial score (nSPS) is 12.1. The van der Waals surface area contributed by atoms with Crippen molar-refractivity contribution in [3.05, 3.63) is 157 Å². The van der Waals surface area contributed by atoms with E-state index in [9.17, 15) is 4.39 Å². The SMILES string of the molecule is CC(C)C(c1[nH]cc(-c2ccccn2)c1-c1ccc(F)cc1)[P+](c1ccccc1)(c1ccccc1)c1ccccc1.[Br-]. The summed E-state index contributed by atoms with van der Waals surface area (Å²) in [6.07, 6.45) is 3.91. The van der Waals surface area contributed by atoms with Gasteiger partial charge in [-0.05, 0) is 72.1 Å². The van der Waals surface area contributed by atoms with Gasteiger partial charge in [0.25, 0.3) is 0 Å². The van der Waals surface area contributed by atoms with E-state index in [4.69, 9.17) is 4.98 Å². The molecule has 0 bridgehead atoms. The Balaban J connectivity index is 0.00000353. The van der Waals surface area contributed by atoms with Gasteiger partial charge in [0, 0.05) is 23.5 Å². The molecule has 0 saturated carbocycles. The molecule has 2 nitrogen and oxygen atoms in total. The smallest absolute Gasteiger partial charge is 0.126 e. The number of hydrogen-bond donors (Lipinski definition) is 1. The fourth-order valence-corrected chi connectivity index (χ4v) is 11.5. The quantitative estimate of drug-likeness (QED) is 0.218. The van der Waals surface area contributed by atoms with Gasteiger partial charge in [0.2, 0.25) is 0 Å². The Morgan fingerprint density at radius 3 is 1.60 bits per heavy atom. The number of rotatable bonds is 8. The van der Waals surface area contributed by atoms with Crippen molar-refractivity contribution in [2.24, 2.45) is 5.92 Å². The highest BCUT2D eigenvalue weighted by Gasteiger charge is 2.55. The van der Waals surface area contributed by atoms with Crippen LogP contribution in [0, 0.1) is 11.7 Å². The van der Waals surface area contributed by atoms with Gasteiger partial charge in [-0.15, -0.1) is 0 Å². The number of nitrogens with zero attached hydrogens (tertiary/aromatic N) is 1. The maximum Gasteiger partial charge on any atom is 0.126 e. The highest BCUT2D eigenvalue weighted by Crippen LogP contribution is 2.70. The minimum Gasteiger partial charge on any atom is -1.00 e. The van der Waals surface area contributed by atoms with Crippen LogP contribution in [0.25, 0.3) is 22.4 Å². The Hall–Kier alpha value is -3.85. The molecule has 1 atom stereocenters. The van der Waals surface area contributed by atoms with Gasteiger partial charge in [-0.2, -0.15) is 0 Å². The lowest BCUT2D eigenvalue weighted by atomic mass is 9.95. The summed E-state index contributed by atoms with van der Waals surface area (Å²) in [6, 6.07) is 45.8. The third-order valence-corrected chi connectivity index (χ3v) is 12.8. The molecule has 0 fully saturated rings. The summed E-state index contributed by atoms with van der Waals surface area (Å²) in [5.74, 6) is 0.0173. The second-order valence-corrected chi connectivity index (χ2v) is 14.2. The number of aromatic nitrogens is 2. The van der Waals surface area contributed by atoms with E-state index >= 15 is 0 Å². The van der Waals surface area contributed by atoms with Crippen molar-refractivity contribution in [2.45, 2.75) is 19.5 Å². The fraction of sp³-hybridized carbons (Fsp3) is 0.108. The Bertz CT molecular complexity index is 1610. The van der Waals surface area contributed by atoms with Crippen LogP contribution >= 0.6 is 7.26 Å². The lowest BCUT2D eigenvalue weighted by Gasteiger charge is -2.37. The van der Waals surface area contributed by atoms with Crippen LogP contribution in [0.5, 0.6) is 0 Å². The van der Waals surface area contributed by atoms with Crippen molar-refractivity contribution in [2.75, 3.05) is 0 Å². The molecule has 2 heterocycles. The third-order valence-electron chi connectivity index (χ3n) is 7.82. The number of H-pyrrole nitrogens is 1. The summed E-state index contributed by atoms with van der Waals surface area (Å²) in [5, 5.41) is 3.99. The van der Waals surface area contributed by atoms with E-state index in [0.717, 1.165) is 28.1 Å². The molecule has 0 aliphatic carbocycles. The highest BCUT2D eigenvalue weighted by atomic mass is 79.9.